The number of rotatable bonds is 6. The summed E-state index contributed by atoms with van der Waals surface area (Å²) >= 11 is 6.40. The van der Waals surface area contributed by atoms with Crippen molar-refractivity contribution in [2.24, 2.45) is 0 Å². The lowest BCUT2D eigenvalue weighted by atomic mass is 10.00. The van der Waals surface area contributed by atoms with Crippen LogP contribution in [0.1, 0.15) is 54.1 Å². The number of carbonyl (C=O) groups is 1. The number of nitrogens with zero attached hydrogens (tertiary/aromatic N) is 4. The number of hydrogen-bond acceptors (Lipinski definition) is 6. The summed E-state index contributed by atoms with van der Waals surface area (Å²) in [6.07, 6.45) is 3.21. The molecule has 2 aromatic heterocycles. The molecule has 1 amide bonds. The van der Waals surface area contributed by atoms with Crippen molar-refractivity contribution >= 4 is 29.3 Å². The Morgan fingerprint density at radius 2 is 2.11 bits per heavy atom. The number of pyridine rings is 1. The largest absolute Gasteiger partial charge is 0.368 e. The van der Waals surface area contributed by atoms with E-state index < -0.39 is 0 Å². The summed E-state index contributed by atoms with van der Waals surface area (Å²) in [5, 5.41) is 3.18. The highest BCUT2D eigenvalue weighted by Gasteiger charge is 2.35. The molecule has 1 aliphatic rings. The average molecular weight is 403 g/mol. The first-order chi connectivity index (χ1) is 13.3. The summed E-state index contributed by atoms with van der Waals surface area (Å²) in [6, 6.07) is 0. The van der Waals surface area contributed by atoms with Gasteiger partial charge < -0.3 is 16.0 Å². The molecule has 0 saturated carbocycles. The number of aromatic nitrogens is 3. The fraction of sp³-hybridized carbons (Fsp3) is 0.500. The monoisotopic (exact) mass is 402 g/mol. The van der Waals surface area contributed by atoms with Crippen LogP contribution in [0.4, 0.5) is 11.8 Å². The summed E-state index contributed by atoms with van der Waals surface area (Å²) in [5.74, 6) is 0.777. The standard InChI is InChI=1S/C20H27ClN6O/c1-5-15-11(3)14(8-24-12(15)4)10-27-9-13(7-16(28)23-6-2)17-18(21)25-20(22)26-19(17)27/h8,13H,5-7,9-10H2,1-4H3,(H,23,28)(H2,22,25,26)/t13-/m0/s1. The molecule has 0 unspecified atom stereocenters. The number of fused-ring (bicyclic) bond motifs is 1. The maximum atomic E-state index is 12.2. The van der Waals surface area contributed by atoms with E-state index in [1.807, 2.05) is 20.0 Å². The fourth-order valence-electron chi connectivity index (χ4n) is 3.98. The Hall–Kier alpha value is -2.41. The van der Waals surface area contributed by atoms with Crippen LogP contribution in [0.25, 0.3) is 0 Å². The van der Waals surface area contributed by atoms with Gasteiger partial charge in [0.2, 0.25) is 11.9 Å². The molecule has 28 heavy (non-hydrogen) atoms. The molecule has 1 atom stereocenters. The van der Waals surface area contributed by atoms with Crippen LogP contribution in [0, 0.1) is 13.8 Å². The van der Waals surface area contributed by atoms with Gasteiger partial charge in [0.15, 0.2) is 0 Å². The molecule has 0 fully saturated rings. The lowest BCUT2D eigenvalue weighted by Gasteiger charge is -2.21. The SMILES string of the molecule is CCNC(=O)C[C@H]1CN(Cc2cnc(C)c(CC)c2C)c2nc(N)nc(Cl)c21. The first-order valence-electron chi connectivity index (χ1n) is 9.64. The van der Waals surface area contributed by atoms with Gasteiger partial charge in [-0.3, -0.25) is 9.78 Å². The van der Waals surface area contributed by atoms with Gasteiger partial charge in [-0.2, -0.15) is 4.98 Å². The summed E-state index contributed by atoms with van der Waals surface area (Å²) in [7, 11) is 0. The van der Waals surface area contributed by atoms with Gasteiger partial charge in [0.05, 0.1) is 0 Å². The lowest BCUT2D eigenvalue weighted by Crippen LogP contribution is -2.27. The number of nitrogens with one attached hydrogen (secondary N) is 1. The minimum Gasteiger partial charge on any atom is -0.368 e. The molecule has 2 aromatic rings. The van der Waals surface area contributed by atoms with Gasteiger partial charge in [-0.25, -0.2) is 4.98 Å². The van der Waals surface area contributed by atoms with Crippen molar-refractivity contribution in [1.82, 2.24) is 20.3 Å². The Labute approximate surface area is 170 Å². The zero-order valence-electron chi connectivity index (χ0n) is 16.8. The molecule has 0 aromatic carbocycles. The zero-order chi connectivity index (χ0) is 20.4. The molecule has 150 valence electrons. The lowest BCUT2D eigenvalue weighted by molar-refractivity contribution is -0.121. The number of aryl methyl sites for hydroxylation is 1. The molecule has 3 N–H and O–H groups in total. The van der Waals surface area contributed by atoms with E-state index in [-0.39, 0.29) is 17.8 Å². The Balaban J connectivity index is 1.94. The molecule has 0 spiro atoms. The van der Waals surface area contributed by atoms with Crippen LogP contribution in [0.15, 0.2) is 6.20 Å². The molecule has 3 heterocycles. The van der Waals surface area contributed by atoms with Gasteiger partial charge >= 0.3 is 0 Å². The van der Waals surface area contributed by atoms with Crippen LogP contribution < -0.4 is 16.0 Å². The fourth-order valence-corrected chi connectivity index (χ4v) is 4.31. The zero-order valence-corrected chi connectivity index (χ0v) is 17.6. The molecule has 0 radical (unpaired) electrons. The van der Waals surface area contributed by atoms with Gasteiger partial charge in [0, 0.05) is 49.4 Å². The molecular weight excluding hydrogens is 376 g/mol. The van der Waals surface area contributed by atoms with E-state index in [1.165, 1.54) is 11.1 Å². The molecular formula is C20H27ClN6O. The van der Waals surface area contributed by atoms with E-state index in [0.29, 0.717) is 37.0 Å². The minimum absolute atomic E-state index is 0.00496. The normalized spacial score (nSPS) is 15.6. The number of anilines is 2. The summed E-state index contributed by atoms with van der Waals surface area (Å²) in [5.41, 5.74) is 11.4. The van der Waals surface area contributed by atoms with E-state index in [2.05, 4.69) is 39.0 Å². The van der Waals surface area contributed by atoms with Crippen LogP contribution in [0.2, 0.25) is 5.15 Å². The van der Waals surface area contributed by atoms with Gasteiger partial charge in [-0.1, -0.05) is 18.5 Å². The van der Waals surface area contributed by atoms with Crippen LogP contribution in [0.5, 0.6) is 0 Å². The van der Waals surface area contributed by atoms with E-state index in [4.69, 9.17) is 17.3 Å². The quantitative estimate of drug-likeness (QED) is 0.721. The molecule has 0 saturated heterocycles. The highest BCUT2D eigenvalue weighted by Crippen LogP contribution is 2.41. The van der Waals surface area contributed by atoms with Gasteiger partial charge in [0.25, 0.3) is 0 Å². The van der Waals surface area contributed by atoms with Crippen LogP contribution in [-0.4, -0.2) is 33.9 Å². The van der Waals surface area contributed by atoms with Crippen LogP contribution in [-0.2, 0) is 17.8 Å². The molecule has 1 aliphatic heterocycles. The van der Waals surface area contributed by atoms with Crippen LogP contribution in [0.3, 0.4) is 0 Å². The summed E-state index contributed by atoms with van der Waals surface area (Å²) in [4.78, 5) is 27.4. The third kappa shape index (κ3) is 3.90. The predicted octanol–water partition coefficient (Wildman–Crippen LogP) is 2.92. The first kappa shape index (κ1) is 20.3. The van der Waals surface area contributed by atoms with Crippen molar-refractivity contribution in [1.29, 1.82) is 0 Å². The highest BCUT2D eigenvalue weighted by atomic mass is 35.5. The predicted molar refractivity (Wildman–Crippen MR) is 112 cm³/mol. The summed E-state index contributed by atoms with van der Waals surface area (Å²) in [6.45, 7) is 10.1. The second-order valence-corrected chi connectivity index (χ2v) is 7.53. The second-order valence-electron chi connectivity index (χ2n) is 7.17. The van der Waals surface area contributed by atoms with Crippen molar-refractivity contribution in [2.75, 3.05) is 23.7 Å². The Morgan fingerprint density at radius 1 is 1.36 bits per heavy atom. The topological polar surface area (TPSA) is 97.0 Å². The molecule has 0 aliphatic carbocycles. The van der Waals surface area contributed by atoms with E-state index in [9.17, 15) is 4.79 Å². The number of hydrogen-bond donors (Lipinski definition) is 2. The third-order valence-corrected chi connectivity index (χ3v) is 5.64. The van der Waals surface area contributed by atoms with E-state index in [1.54, 1.807) is 0 Å². The van der Waals surface area contributed by atoms with Gasteiger partial charge in [-0.15, -0.1) is 0 Å². The third-order valence-electron chi connectivity index (χ3n) is 5.35. The minimum atomic E-state index is -0.0704. The Morgan fingerprint density at radius 3 is 2.79 bits per heavy atom. The Bertz CT molecular complexity index is 901. The van der Waals surface area contributed by atoms with Crippen molar-refractivity contribution in [3.05, 3.63) is 39.3 Å². The van der Waals surface area contributed by atoms with Gasteiger partial charge in [0.1, 0.15) is 11.0 Å². The molecule has 8 heteroatoms. The molecule has 0 bridgehead atoms. The number of carbonyl (C=O) groups excluding carboxylic acids is 1. The number of nitrogen functional groups attached to an aromatic ring is 1. The van der Waals surface area contributed by atoms with Crippen molar-refractivity contribution < 1.29 is 4.79 Å². The number of nitrogens with two attached hydrogens (primary N) is 1. The summed E-state index contributed by atoms with van der Waals surface area (Å²) < 4.78 is 0. The van der Waals surface area contributed by atoms with Crippen molar-refractivity contribution in [3.63, 3.8) is 0 Å². The Kier molecular flexibility index (Phi) is 6.03. The van der Waals surface area contributed by atoms with E-state index >= 15 is 0 Å². The second kappa shape index (κ2) is 8.31. The maximum Gasteiger partial charge on any atom is 0.223 e. The van der Waals surface area contributed by atoms with Crippen LogP contribution >= 0.6 is 11.6 Å². The van der Waals surface area contributed by atoms with Crippen molar-refractivity contribution in [2.45, 2.75) is 53.0 Å². The molecule has 3 rings (SSSR count). The molecule has 7 nitrogen and oxygen atoms in total. The van der Waals surface area contributed by atoms with E-state index in [0.717, 1.165) is 23.2 Å². The first-order valence-corrected chi connectivity index (χ1v) is 10.0. The maximum absolute atomic E-state index is 12.2. The number of halogens is 1. The average Bonchev–Trinajstić information content (AvgIpc) is 2.95. The van der Waals surface area contributed by atoms with Crippen molar-refractivity contribution in [3.8, 4) is 0 Å². The number of amides is 1. The highest BCUT2D eigenvalue weighted by molar-refractivity contribution is 6.30. The van der Waals surface area contributed by atoms with Gasteiger partial charge in [-0.05, 0) is 43.9 Å². The smallest absolute Gasteiger partial charge is 0.223 e.